The highest BCUT2D eigenvalue weighted by atomic mass is 32.1. The molecule has 0 fully saturated rings. The van der Waals surface area contributed by atoms with Gasteiger partial charge in [0.2, 0.25) is 0 Å². The van der Waals surface area contributed by atoms with Crippen molar-refractivity contribution in [3.8, 4) is 20.9 Å². The molecule has 10 rings (SSSR count). The molecule has 0 spiro atoms. The maximum Gasteiger partial charge on any atom is 0.101 e. The summed E-state index contributed by atoms with van der Waals surface area (Å²) in [5.41, 5.74) is 8.21. The molecule has 0 N–H and O–H groups in total. The first-order chi connectivity index (χ1) is 22.8. The Morgan fingerprint density at radius 2 is 0.913 bits per heavy atom. The van der Waals surface area contributed by atoms with Gasteiger partial charge >= 0.3 is 0 Å². The van der Waals surface area contributed by atoms with Crippen molar-refractivity contribution in [2.24, 2.45) is 9.98 Å². The van der Waals surface area contributed by atoms with Gasteiger partial charge in [0.1, 0.15) is 22.7 Å². The molecule has 0 aliphatic carbocycles. The molecule has 2 aliphatic rings. The van der Waals surface area contributed by atoms with Crippen LogP contribution in [-0.2, 0) is 0 Å². The molecule has 216 valence electrons. The lowest BCUT2D eigenvalue weighted by atomic mass is 10.0. The second-order valence-corrected chi connectivity index (χ2v) is 13.3. The number of benzene rings is 5. The highest BCUT2D eigenvalue weighted by Gasteiger charge is 2.22. The Kier molecular flexibility index (Phi) is 5.51. The van der Waals surface area contributed by atoms with Crippen LogP contribution in [0.5, 0.6) is 0 Å². The second kappa shape index (κ2) is 9.90. The van der Waals surface area contributed by atoms with E-state index in [-0.39, 0.29) is 0 Å². The lowest BCUT2D eigenvalue weighted by molar-refractivity contribution is 1.30. The molecular formula is C38H22N6S2. The molecule has 2 aliphatic heterocycles. The largest absolute Gasteiger partial charge is 0.291 e. The van der Waals surface area contributed by atoms with Crippen LogP contribution in [-0.4, -0.2) is 22.6 Å². The number of hydrogen-bond donors (Lipinski definition) is 0. The van der Waals surface area contributed by atoms with Crippen molar-refractivity contribution in [2.45, 2.75) is 0 Å². The Morgan fingerprint density at radius 1 is 0.457 bits per heavy atom. The zero-order chi connectivity index (χ0) is 30.2. The molecule has 0 radical (unpaired) electrons. The zero-order valence-electron chi connectivity index (χ0n) is 24.2. The molecule has 0 atom stereocenters. The van der Waals surface area contributed by atoms with Gasteiger partial charge in [-0.15, -0.1) is 22.7 Å². The number of thiophene rings is 2. The molecule has 8 aromatic rings. The molecule has 0 bridgehead atoms. The van der Waals surface area contributed by atoms with Crippen molar-refractivity contribution in [2.75, 3.05) is 9.80 Å². The van der Waals surface area contributed by atoms with Gasteiger partial charge < -0.3 is 0 Å². The summed E-state index contributed by atoms with van der Waals surface area (Å²) in [6.07, 6.45) is 7.41. The summed E-state index contributed by atoms with van der Waals surface area (Å²) in [6, 6.07) is 38.4. The summed E-state index contributed by atoms with van der Waals surface area (Å²) in [4.78, 5) is 25.9. The van der Waals surface area contributed by atoms with Gasteiger partial charge in [0.15, 0.2) is 0 Å². The topological polar surface area (TPSA) is 57.0 Å². The minimum Gasteiger partial charge on any atom is -0.291 e. The van der Waals surface area contributed by atoms with Crippen molar-refractivity contribution in [1.82, 2.24) is 9.97 Å². The van der Waals surface area contributed by atoms with Crippen LogP contribution in [0.2, 0.25) is 0 Å². The van der Waals surface area contributed by atoms with Crippen LogP contribution in [0, 0.1) is 0 Å². The number of rotatable bonds is 4. The van der Waals surface area contributed by atoms with Crippen molar-refractivity contribution in [3.05, 3.63) is 122 Å². The molecule has 0 amide bonds. The lowest BCUT2D eigenvalue weighted by Gasteiger charge is -2.24. The number of anilines is 4. The standard InChI is InChI=1S/C38H22N6S2/c1-5-23-7-3-11-29-35(23)27(9-1)41-21-43(29)33-17-15-31(45-33)25-13-14-26(38-37(25)39-19-20-40-38)32-16-18-34(46-32)44-22-42-28-10-2-6-24-8-4-12-30(44)36(24)28/h1-22H. The van der Waals surface area contributed by atoms with E-state index in [0.29, 0.717) is 0 Å². The summed E-state index contributed by atoms with van der Waals surface area (Å²) >= 11 is 3.46. The fraction of sp³-hybridized carbons (Fsp3) is 0. The Bertz CT molecular complexity index is 2390. The average Bonchev–Trinajstić information content (AvgIpc) is 3.80. The Labute approximate surface area is 271 Å². The van der Waals surface area contributed by atoms with Gasteiger partial charge in [-0.2, -0.15) is 0 Å². The number of aliphatic imine (C=N–C) groups is 2. The van der Waals surface area contributed by atoms with E-state index in [4.69, 9.17) is 20.0 Å². The molecular weight excluding hydrogens is 605 g/mol. The third kappa shape index (κ3) is 3.81. The van der Waals surface area contributed by atoms with E-state index < -0.39 is 0 Å². The van der Waals surface area contributed by atoms with Gasteiger partial charge in [-0.25, -0.2) is 9.98 Å². The van der Waals surface area contributed by atoms with Crippen LogP contribution in [0.15, 0.2) is 132 Å². The molecule has 3 aromatic heterocycles. The quantitative estimate of drug-likeness (QED) is 0.195. The van der Waals surface area contributed by atoms with Gasteiger partial charge in [-0.3, -0.25) is 19.8 Å². The molecule has 5 heterocycles. The lowest BCUT2D eigenvalue weighted by Crippen LogP contribution is -2.15. The van der Waals surface area contributed by atoms with Crippen LogP contribution in [0.25, 0.3) is 53.5 Å². The van der Waals surface area contributed by atoms with Crippen molar-refractivity contribution >= 4 is 101 Å². The number of nitrogens with zero attached hydrogens (tertiary/aromatic N) is 6. The first-order valence-electron chi connectivity index (χ1n) is 14.9. The van der Waals surface area contributed by atoms with Gasteiger partial charge in [0, 0.05) is 44.0 Å². The summed E-state index contributed by atoms with van der Waals surface area (Å²) in [5, 5.41) is 6.94. The van der Waals surface area contributed by atoms with Crippen LogP contribution in [0.3, 0.4) is 0 Å². The van der Waals surface area contributed by atoms with Crippen LogP contribution >= 0.6 is 22.7 Å². The Balaban J connectivity index is 1.03. The van der Waals surface area contributed by atoms with Gasteiger partial charge in [0.05, 0.1) is 33.8 Å². The summed E-state index contributed by atoms with van der Waals surface area (Å²) < 4.78 is 0. The summed E-state index contributed by atoms with van der Waals surface area (Å²) in [7, 11) is 0. The monoisotopic (exact) mass is 626 g/mol. The van der Waals surface area contributed by atoms with Gasteiger partial charge in [-0.1, -0.05) is 60.7 Å². The predicted molar refractivity (Wildman–Crippen MR) is 195 cm³/mol. The van der Waals surface area contributed by atoms with Crippen molar-refractivity contribution < 1.29 is 0 Å². The fourth-order valence-corrected chi connectivity index (χ4v) is 8.63. The molecule has 0 saturated heterocycles. The van der Waals surface area contributed by atoms with E-state index in [1.807, 2.05) is 12.7 Å². The van der Waals surface area contributed by atoms with E-state index in [1.165, 1.54) is 21.5 Å². The molecule has 46 heavy (non-hydrogen) atoms. The third-order valence-corrected chi connectivity index (χ3v) is 10.9. The molecule has 5 aromatic carbocycles. The van der Waals surface area contributed by atoms with Crippen LogP contribution in [0.1, 0.15) is 0 Å². The first-order valence-corrected chi connectivity index (χ1v) is 16.6. The van der Waals surface area contributed by atoms with Crippen LogP contribution in [0.4, 0.5) is 32.8 Å². The molecule has 8 heteroatoms. The fourth-order valence-electron chi connectivity index (χ4n) is 6.59. The maximum atomic E-state index is 4.85. The van der Waals surface area contributed by atoms with Crippen molar-refractivity contribution in [3.63, 3.8) is 0 Å². The number of fused-ring (bicyclic) bond motifs is 1. The van der Waals surface area contributed by atoms with E-state index in [1.54, 1.807) is 35.1 Å². The minimum atomic E-state index is 0.890. The van der Waals surface area contributed by atoms with E-state index in [2.05, 4.69) is 119 Å². The minimum absolute atomic E-state index is 0.890. The Morgan fingerprint density at radius 3 is 1.39 bits per heavy atom. The number of aromatic nitrogens is 2. The Hall–Kier alpha value is -5.70. The highest BCUT2D eigenvalue weighted by molar-refractivity contribution is 7.20. The molecule has 0 unspecified atom stereocenters. The first kappa shape index (κ1) is 25.6. The number of hydrogen-bond acceptors (Lipinski definition) is 8. The second-order valence-electron chi connectivity index (χ2n) is 11.2. The smallest absolute Gasteiger partial charge is 0.101 e. The van der Waals surface area contributed by atoms with Gasteiger partial charge in [0.25, 0.3) is 0 Å². The van der Waals surface area contributed by atoms with E-state index >= 15 is 0 Å². The van der Waals surface area contributed by atoms with E-state index in [9.17, 15) is 0 Å². The highest BCUT2D eigenvalue weighted by Crippen LogP contribution is 2.47. The van der Waals surface area contributed by atoms with E-state index in [0.717, 1.165) is 64.7 Å². The molecule has 6 nitrogen and oxygen atoms in total. The molecule has 0 saturated carbocycles. The van der Waals surface area contributed by atoms with Crippen molar-refractivity contribution in [1.29, 1.82) is 0 Å². The predicted octanol–water partition coefficient (Wildman–Crippen LogP) is 11.0. The zero-order valence-corrected chi connectivity index (χ0v) is 25.8. The normalized spacial score (nSPS) is 13.4. The maximum absolute atomic E-state index is 4.85. The SMILES string of the molecule is C1=Nc2cccc3cccc(c23)N1c1ccc(-c2ccc(-c3ccc(N4C=Nc5cccc6cccc4c56)s3)c3nccnc23)s1. The summed E-state index contributed by atoms with van der Waals surface area (Å²) in [5.74, 6) is 0. The van der Waals surface area contributed by atoms with Crippen LogP contribution < -0.4 is 9.80 Å². The average molecular weight is 627 g/mol. The van der Waals surface area contributed by atoms with Gasteiger partial charge in [-0.05, 0) is 59.3 Å². The third-order valence-electron chi connectivity index (χ3n) is 8.68. The summed E-state index contributed by atoms with van der Waals surface area (Å²) in [6.45, 7) is 0.